The first-order valence-corrected chi connectivity index (χ1v) is 14.2. The second-order valence-corrected chi connectivity index (χ2v) is 10.9. The van der Waals surface area contributed by atoms with E-state index in [2.05, 4.69) is 58.4 Å². The van der Waals surface area contributed by atoms with E-state index in [9.17, 15) is 4.79 Å². The molecule has 0 spiro atoms. The van der Waals surface area contributed by atoms with Gasteiger partial charge in [-0.1, -0.05) is 65.7 Å². The number of nitrogens with one attached hydrogen (secondary N) is 1. The number of halogens is 1. The van der Waals surface area contributed by atoms with Crippen molar-refractivity contribution in [1.82, 2.24) is 20.0 Å². The lowest BCUT2D eigenvalue weighted by molar-refractivity contribution is 0.0354. The van der Waals surface area contributed by atoms with E-state index in [0.717, 1.165) is 73.0 Å². The van der Waals surface area contributed by atoms with Crippen LogP contribution >= 0.6 is 11.6 Å². The SMILES string of the molecule is Cc1ccc(-c2n[nH]c3c2C(c2ccc(OCc4ccc(Cl)cc4)cc2)N(CCCN2CCOCC2)C3=O)cc1. The van der Waals surface area contributed by atoms with Gasteiger partial charge in [-0.25, -0.2) is 0 Å². The second kappa shape index (κ2) is 11.8. The van der Waals surface area contributed by atoms with Gasteiger partial charge in [-0.15, -0.1) is 0 Å². The molecule has 4 aromatic rings. The van der Waals surface area contributed by atoms with E-state index in [1.807, 2.05) is 41.3 Å². The van der Waals surface area contributed by atoms with Crippen molar-refractivity contribution in [2.75, 3.05) is 39.4 Å². The Morgan fingerprint density at radius 1 is 0.975 bits per heavy atom. The summed E-state index contributed by atoms with van der Waals surface area (Å²) in [4.78, 5) is 18.1. The molecule has 206 valence electrons. The normalized spacial score (nSPS) is 17.3. The Kier molecular flexibility index (Phi) is 7.86. The predicted molar refractivity (Wildman–Crippen MR) is 156 cm³/mol. The molecule has 0 radical (unpaired) electrons. The third kappa shape index (κ3) is 5.63. The maximum atomic E-state index is 13.7. The van der Waals surface area contributed by atoms with Gasteiger partial charge in [0, 0.05) is 42.3 Å². The number of rotatable bonds is 9. The number of ether oxygens (including phenoxy) is 2. The molecule has 1 atom stereocenters. The van der Waals surface area contributed by atoms with Crippen molar-refractivity contribution in [3.8, 4) is 17.0 Å². The van der Waals surface area contributed by atoms with Crippen molar-refractivity contribution in [3.63, 3.8) is 0 Å². The summed E-state index contributed by atoms with van der Waals surface area (Å²) >= 11 is 6.00. The summed E-state index contributed by atoms with van der Waals surface area (Å²) in [6, 6.07) is 23.8. The molecule has 1 amide bonds. The highest BCUT2D eigenvalue weighted by Crippen LogP contribution is 2.43. The Labute approximate surface area is 239 Å². The number of aryl methyl sites for hydroxylation is 1. The highest BCUT2D eigenvalue weighted by atomic mass is 35.5. The minimum absolute atomic E-state index is 0.00379. The molecule has 1 aromatic heterocycles. The average molecular weight is 557 g/mol. The number of aromatic nitrogens is 2. The first-order chi connectivity index (χ1) is 19.6. The molecular weight excluding hydrogens is 524 g/mol. The summed E-state index contributed by atoms with van der Waals surface area (Å²) in [5.41, 5.74) is 6.61. The predicted octanol–water partition coefficient (Wildman–Crippen LogP) is 5.89. The summed E-state index contributed by atoms with van der Waals surface area (Å²) < 4.78 is 11.5. The highest BCUT2D eigenvalue weighted by Gasteiger charge is 2.42. The number of aromatic amines is 1. The molecule has 40 heavy (non-hydrogen) atoms. The maximum Gasteiger partial charge on any atom is 0.273 e. The van der Waals surface area contributed by atoms with Crippen LogP contribution in [-0.2, 0) is 11.3 Å². The maximum absolute atomic E-state index is 13.7. The minimum atomic E-state index is -0.229. The Morgan fingerprint density at radius 3 is 2.42 bits per heavy atom. The number of fused-ring (bicyclic) bond motifs is 1. The monoisotopic (exact) mass is 556 g/mol. The van der Waals surface area contributed by atoms with Gasteiger partial charge in [0.15, 0.2) is 0 Å². The zero-order chi connectivity index (χ0) is 27.5. The number of carbonyl (C=O) groups excluding carboxylic acids is 1. The largest absolute Gasteiger partial charge is 0.489 e. The van der Waals surface area contributed by atoms with Crippen LogP contribution in [0.2, 0.25) is 5.02 Å². The summed E-state index contributed by atoms with van der Waals surface area (Å²) in [6.07, 6.45) is 0.891. The van der Waals surface area contributed by atoms with E-state index >= 15 is 0 Å². The molecule has 8 heteroatoms. The number of nitrogens with zero attached hydrogens (tertiary/aromatic N) is 3. The number of hydrogen-bond donors (Lipinski definition) is 1. The number of hydrogen-bond acceptors (Lipinski definition) is 5. The number of H-pyrrole nitrogens is 1. The number of benzene rings is 3. The molecule has 0 aliphatic carbocycles. The van der Waals surface area contributed by atoms with Crippen LogP contribution in [0.5, 0.6) is 5.75 Å². The van der Waals surface area contributed by atoms with Gasteiger partial charge in [0.05, 0.1) is 24.9 Å². The molecule has 0 bridgehead atoms. The number of amides is 1. The first kappa shape index (κ1) is 26.6. The topological polar surface area (TPSA) is 70.7 Å². The van der Waals surface area contributed by atoms with Gasteiger partial charge in [0.1, 0.15) is 18.1 Å². The third-order valence-electron chi connectivity index (χ3n) is 7.68. The summed E-state index contributed by atoms with van der Waals surface area (Å²) in [6.45, 7) is 7.54. The van der Waals surface area contributed by atoms with Crippen LogP contribution in [0.1, 0.15) is 45.2 Å². The summed E-state index contributed by atoms with van der Waals surface area (Å²) in [5.74, 6) is 0.768. The fourth-order valence-electron chi connectivity index (χ4n) is 5.49. The van der Waals surface area contributed by atoms with Gasteiger partial charge in [-0.05, 0) is 48.7 Å². The second-order valence-electron chi connectivity index (χ2n) is 10.4. The summed E-state index contributed by atoms with van der Waals surface area (Å²) in [5, 5.41) is 8.39. The molecule has 1 fully saturated rings. The lowest BCUT2D eigenvalue weighted by Gasteiger charge is -2.29. The van der Waals surface area contributed by atoms with Crippen molar-refractivity contribution in [1.29, 1.82) is 0 Å². The molecule has 7 nitrogen and oxygen atoms in total. The van der Waals surface area contributed by atoms with Gasteiger partial charge >= 0.3 is 0 Å². The number of carbonyl (C=O) groups is 1. The molecule has 2 aliphatic rings. The highest BCUT2D eigenvalue weighted by molar-refractivity contribution is 6.30. The molecule has 3 heterocycles. The summed E-state index contributed by atoms with van der Waals surface area (Å²) in [7, 11) is 0. The molecule has 1 saturated heterocycles. The Bertz CT molecular complexity index is 1450. The van der Waals surface area contributed by atoms with Crippen molar-refractivity contribution < 1.29 is 14.3 Å². The first-order valence-electron chi connectivity index (χ1n) is 13.8. The molecule has 3 aromatic carbocycles. The van der Waals surface area contributed by atoms with Crippen molar-refractivity contribution in [2.45, 2.75) is 26.0 Å². The van der Waals surface area contributed by atoms with E-state index in [1.54, 1.807) is 0 Å². The molecule has 0 saturated carbocycles. The van der Waals surface area contributed by atoms with E-state index in [1.165, 1.54) is 5.56 Å². The molecule has 1 N–H and O–H groups in total. The van der Waals surface area contributed by atoms with E-state index in [4.69, 9.17) is 21.1 Å². The van der Waals surface area contributed by atoms with Crippen LogP contribution < -0.4 is 4.74 Å². The lowest BCUT2D eigenvalue weighted by atomic mass is 9.95. The van der Waals surface area contributed by atoms with E-state index in [-0.39, 0.29) is 11.9 Å². The van der Waals surface area contributed by atoms with Crippen LogP contribution in [0.3, 0.4) is 0 Å². The van der Waals surface area contributed by atoms with Crippen LogP contribution in [0.4, 0.5) is 0 Å². The lowest BCUT2D eigenvalue weighted by Crippen LogP contribution is -2.38. The van der Waals surface area contributed by atoms with Crippen LogP contribution in [0, 0.1) is 6.92 Å². The van der Waals surface area contributed by atoms with E-state index in [0.29, 0.717) is 23.9 Å². The Balaban J connectivity index is 1.26. The third-order valence-corrected chi connectivity index (χ3v) is 7.93. The fourth-order valence-corrected chi connectivity index (χ4v) is 5.61. The molecular formula is C32H33ClN4O3. The quantitative estimate of drug-likeness (QED) is 0.278. The van der Waals surface area contributed by atoms with Gasteiger partial charge in [0.25, 0.3) is 5.91 Å². The van der Waals surface area contributed by atoms with Gasteiger partial charge in [-0.3, -0.25) is 14.8 Å². The fraction of sp³-hybridized carbons (Fsp3) is 0.312. The average Bonchev–Trinajstić information content (AvgIpc) is 3.53. The van der Waals surface area contributed by atoms with Gasteiger partial charge < -0.3 is 14.4 Å². The minimum Gasteiger partial charge on any atom is -0.489 e. The Hall–Kier alpha value is -3.65. The van der Waals surface area contributed by atoms with Crippen molar-refractivity contribution in [3.05, 3.63) is 106 Å². The van der Waals surface area contributed by atoms with Crippen LogP contribution in [0.15, 0.2) is 72.8 Å². The zero-order valence-electron chi connectivity index (χ0n) is 22.6. The van der Waals surface area contributed by atoms with Crippen molar-refractivity contribution >= 4 is 17.5 Å². The van der Waals surface area contributed by atoms with Crippen molar-refractivity contribution in [2.24, 2.45) is 0 Å². The molecule has 6 rings (SSSR count). The molecule has 2 aliphatic heterocycles. The standard InChI is InChI=1S/C32H33ClN4O3/c1-22-3-7-24(8-4-22)29-28-30(35-34-29)32(38)37(16-2-15-36-17-19-39-20-18-36)31(28)25-9-13-27(14-10-25)40-21-23-5-11-26(33)12-6-23/h3-14,31H,2,15-21H2,1H3,(H,34,35). The van der Waals surface area contributed by atoms with Gasteiger partial charge in [0.2, 0.25) is 0 Å². The van der Waals surface area contributed by atoms with Crippen LogP contribution in [-0.4, -0.2) is 65.3 Å². The zero-order valence-corrected chi connectivity index (χ0v) is 23.4. The Morgan fingerprint density at radius 2 is 1.70 bits per heavy atom. The van der Waals surface area contributed by atoms with E-state index < -0.39 is 0 Å². The van der Waals surface area contributed by atoms with Crippen LogP contribution in [0.25, 0.3) is 11.3 Å². The number of morpholine rings is 1. The van der Waals surface area contributed by atoms with Gasteiger partial charge in [-0.2, -0.15) is 5.10 Å². The smallest absolute Gasteiger partial charge is 0.273 e. The molecule has 1 unspecified atom stereocenters.